The first-order chi connectivity index (χ1) is 7.12. The lowest BCUT2D eigenvalue weighted by Crippen LogP contribution is -2.29. The van der Waals surface area contributed by atoms with Gasteiger partial charge in [0.15, 0.2) is 0 Å². The fourth-order valence-corrected chi connectivity index (χ4v) is 4.60. The largest absolute Gasteiger partial charge is 0.378 e. The first-order valence-corrected chi connectivity index (χ1v) is 7.64. The summed E-state index contributed by atoms with van der Waals surface area (Å²) in [5, 5.41) is 10.3. The van der Waals surface area contributed by atoms with Crippen LogP contribution in [0.1, 0.15) is 39.0 Å². The summed E-state index contributed by atoms with van der Waals surface area (Å²) in [5.74, 6) is 8.82. The lowest BCUT2D eigenvalue weighted by Gasteiger charge is -2.27. The van der Waals surface area contributed by atoms with E-state index in [2.05, 4.69) is 18.8 Å². The highest BCUT2D eigenvalue weighted by Crippen LogP contribution is 2.43. The maximum atomic E-state index is 10.3. The van der Waals surface area contributed by atoms with Crippen LogP contribution in [0.5, 0.6) is 0 Å². The molecule has 0 aromatic carbocycles. The molecule has 1 saturated heterocycles. The third-order valence-electron chi connectivity index (χ3n) is 3.04. The minimum absolute atomic E-state index is 0.0349. The van der Waals surface area contributed by atoms with E-state index in [1.54, 1.807) is 0 Å². The van der Waals surface area contributed by atoms with Crippen LogP contribution in [0.25, 0.3) is 0 Å². The Hall–Kier alpha value is 0.220. The molecule has 2 fully saturated rings. The molecule has 0 aromatic heterocycles. The van der Waals surface area contributed by atoms with Gasteiger partial charge in [0.05, 0.1) is 0 Å². The molecule has 84 valence electrons. The molecule has 2 rings (SSSR count). The third kappa shape index (κ3) is 3.09. The highest BCUT2D eigenvalue weighted by Gasteiger charge is 2.31. The van der Waals surface area contributed by atoms with Crippen molar-refractivity contribution in [1.82, 2.24) is 0 Å². The molecular formula is C12H18OS2. The fourth-order valence-electron chi connectivity index (χ4n) is 2.08. The zero-order valence-corrected chi connectivity index (χ0v) is 10.8. The van der Waals surface area contributed by atoms with E-state index in [9.17, 15) is 5.11 Å². The van der Waals surface area contributed by atoms with Crippen LogP contribution in [-0.4, -0.2) is 26.3 Å². The second-order valence-electron chi connectivity index (χ2n) is 4.48. The third-order valence-corrected chi connectivity index (χ3v) is 6.13. The molecule has 2 aliphatic rings. The van der Waals surface area contributed by atoms with Crippen molar-refractivity contribution >= 4 is 23.5 Å². The van der Waals surface area contributed by atoms with Crippen LogP contribution in [-0.2, 0) is 0 Å². The van der Waals surface area contributed by atoms with Crippen molar-refractivity contribution in [2.45, 2.75) is 48.7 Å². The van der Waals surface area contributed by atoms with Crippen molar-refractivity contribution in [3.63, 3.8) is 0 Å². The molecular weight excluding hydrogens is 224 g/mol. The lowest BCUT2D eigenvalue weighted by molar-refractivity contribution is 0.0609. The van der Waals surface area contributed by atoms with E-state index in [0.717, 1.165) is 25.7 Å². The minimum Gasteiger partial charge on any atom is -0.378 e. The van der Waals surface area contributed by atoms with Crippen molar-refractivity contribution < 1.29 is 5.11 Å². The van der Waals surface area contributed by atoms with Gasteiger partial charge in [0, 0.05) is 11.5 Å². The topological polar surface area (TPSA) is 20.2 Å². The van der Waals surface area contributed by atoms with Gasteiger partial charge in [0.25, 0.3) is 0 Å². The van der Waals surface area contributed by atoms with Crippen molar-refractivity contribution in [2.75, 3.05) is 11.5 Å². The monoisotopic (exact) mass is 242 g/mol. The molecule has 1 N–H and O–H groups in total. The molecule has 1 saturated carbocycles. The molecule has 0 unspecified atom stereocenters. The van der Waals surface area contributed by atoms with E-state index in [1.807, 2.05) is 23.5 Å². The van der Waals surface area contributed by atoms with Gasteiger partial charge in [-0.25, -0.2) is 0 Å². The van der Waals surface area contributed by atoms with Crippen molar-refractivity contribution in [3.05, 3.63) is 0 Å². The quantitative estimate of drug-likeness (QED) is 0.660. The van der Waals surface area contributed by atoms with Gasteiger partial charge >= 0.3 is 0 Å². The normalized spacial score (nSPS) is 28.1. The average molecular weight is 242 g/mol. The van der Waals surface area contributed by atoms with Crippen molar-refractivity contribution in [1.29, 1.82) is 0 Å². The number of aliphatic hydroxyl groups is 1. The van der Waals surface area contributed by atoms with E-state index >= 15 is 0 Å². The van der Waals surface area contributed by atoms with Gasteiger partial charge < -0.3 is 5.11 Å². The van der Waals surface area contributed by atoms with Crippen molar-refractivity contribution in [3.8, 4) is 11.8 Å². The first kappa shape index (κ1) is 11.7. The maximum Gasteiger partial charge on any atom is 0.125 e. The molecule has 0 atom stereocenters. The Morgan fingerprint density at radius 2 is 1.60 bits per heavy atom. The van der Waals surface area contributed by atoms with E-state index in [0.29, 0.717) is 0 Å². The second kappa shape index (κ2) is 4.61. The summed E-state index contributed by atoms with van der Waals surface area (Å²) in [7, 11) is 0. The second-order valence-corrected chi connectivity index (χ2v) is 7.77. The average Bonchev–Trinajstić information content (AvgIpc) is 2.65. The Kier molecular flexibility index (Phi) is 3.59. The molecule has 1 aliphatic carbocycles. The summed E-state index contributed by atoms with van der Waals surface area (Å²) in [6, 6.07) is 0. The van der Waals surface area contributed by atoms with Crippen LogP contribution in [0.15, 0.2) is 0 Å². The van der Waals surface area contributed by atoms with E-state index in [1.165, 1.54) is 17.9 Å². The molecule has 0 bridgehead atoms. The van der Waals surface area contributed by atoms with E-state index in [-0.39, 0.29) is 4.08 Å². The van der Waals surface area contributed by atoms with Gasteiger partial charge in [-0.1, -0.05) is 18.3 Å². The Labute approximate surface area is 101 Å². The number of hydrogen-bond donors (Lipinski definition) is 1. The fraction of sp³-hybridized carbons (Fsp3) is 0.833. The smallest absolute Gasteiger partial charge is 0.125 e. The minimum atomic E-state index is -0.676. The molecule has 1 aliphatic heterocycles. The Morgan fingerprint density at radius 1 is 1.00 bits per heavy atom. The zero-order valence-electron chi connectivity index (χ0n) is 9.21. The van der Waals surface area contributed by atoms with Gasteiger partial charge in [0.2, 0.25) is 0 Å². The standard InChI is InChI=1S/C12H18OS2/c1-11(14-9-10-15-11)7-8-12(13)5-3-2-4-6-12/h13H,2-6,9-10H2,1H3. The molecule has 0 spiro atoms. The molecule has 0 aromatic rings. The van der Waals surface area contributed by atoms with Gasteiger partial charge in [-0.05, 0) is 32.6 Å². The molecule has 15 heavy (non-hydrogen) atoms. The molecule has 1 heterocycles. The van der Waals surface area contributed by atoms with Gasteiger partial charge in [0.1, 0.15) is 9.68 Å². The number of thioether (sulfide) groups is 2. The predicted octanol–water partition coefficient (Wildman–Crippen LogP) is 2.88. The molecule has 1 nitrogen and oxygen atoms in total. The van der Waals surface area contributed by atoms with Crippen LogP contribution in [0.4, 0.5) is 0 Å². The molecule has 3 heteroatoms. The SMILES string of the molecule is CC1(C#CC2(O)CCCCC2)SCCS1. The van der Waals surface area contributed by atoms with Gasteiger partial charge in [-0.15, -0.1) is 23.5 Å². The summed E-state index contributed by atoms with van der Waals surface area (Å²) < 4.78 is 0.0349. The summed E-state index contributed by atoms with van der Waals surface area (Å²) >= 11 is 3.82. The molecule has 0 amide bonds. The van der Waals surface area contributed by atoms with Crippen LogP contribution < -0.4 is 0 Å². The Morgan fingerprint density at radius 3 is 2.20 bits per heavy atom. The number of hydrogen-bond acceptors (Lipinski definition) is 3. The summed E-state index contributed by atoms with van der Waals surface area (Å²) in [5.41, 5.74) is -0.676. The summed E-state index contributed by atoms with van der Waals surface area (Å²) in [6.45, 7) is 2.18. The van der Waals surface area contributed by atoms with Gasteiger partial charge in [-0.2, -0.15) is 0 Å². The highest BCUT2D eigenvalue weighted by atomic mass is 32.2. The van der Waals surface area contributed by atoms with E-state index in [4.69, 9.17) is 0 Å². The van der Waals surface area contributed by atoms with Crippen LogP contribution >= 0.6 is 23.5 Å². The predicted molar refractivity (Wildman–Crippen MR) is 69.1 cm³/mol. The van der Waals surface area contributed by atoms with E-state index < -0.39 is 5.60 Å². The zero-order chi connectivity index (χ0) is 10.8. The van der Waals surface area contributed by atoms with Gasteiger partial charge in [-0.3, -0.25) is 0 Å². The summed E-state index contributed by atoms with van der Waals surface area (Å²) in [4.78, 5) is 0. The first-order valence-electron chi connectivity index (χ1n) is 5.67. The maximum absolute atomic E-state index is 10.3. The highest BCUT2D eigenvalue weighted by molar-refractivity contribution is 8.21. The molecule has 0 radical (unpaired) electrons. The number of rotatable bonds is 0. The van der Waals surface area contributed by atoms with Crippen molar-refractivity contribution in [2.24, 2.45) is 0 Å². The Balaban J connectivity index is 2.02. The Bertz CT molecular complexity index is 278. The summed E-state index contributed by atoms with van der Waals surface area (Å²) in [6.07, 6.45) is 5.24. The van der Waals surface area contributed by atoms with Crippen LogP contribution in [0, 0.1) is 11.8 Å². The van der Waals surface area contributed by atoms with Crippen LogP contribution in [0.3, 0.4) is 0 Å². The van der Waals surface area contributed by atoms with Crippen LogP contribution in [0.2, 0.25) is 0 Å². The lowest BCUT2D eigenvalue weighted by atomic mass is 9.85.